The molecule has 1 atom stereocenters. The first kappa shape index (κ1) is 15.1. The first-order valence-corrected chi connectivity index (χ1v) is 8.33. The van der Waals surface area contributed by atoms with Gasteiger partial charge in [0, 0.05) is 17.0 Å². The highest BCUT2D eigenvalue weighted by molar-refractivity contribution is 7.92. The van der Waals surface area contributed by atoms with E-state index in [1.165, 1.54) is 13.0 Å². The molecule has 5 nitrogen and oxygen atoms in total. The maximum Gasteiger partial charge on any atom is 0.321 e. The lowest BCUT2D eigenvalue weighted by molar-refractivity contribution is -0.136. The molecule has 7 heteroatoms. The van der Waals surface area contributed by atoms with E-state index in [0.29, 0.717) is 29.4 Å². The topological polar surface area (TPSA) is 80.7 Å². The van der Waals surface area contributed by atoms with Crippen LogP contribution in [0.3, 0.4) is 0 Å². The zero-order valence-electron chi connectivity index (χ0n) is 10.9. The Labute approximate surface area is 122 Å². The molecule has 1 aromatic carbocycles. The number of sulfone groups is 1. The van der Waals surface area contributed by atoms with Crippen LogP contribution >= 0.6 is 11.6 Å². The van der Waals surface area contributed by atoms with E-state index in [1.807, 2.05) is 0 Å². The summed E-state index contributed by atoms with van der Waals surface area (Å²) in [6.45, 7) is 2.02. The fraction of sp³-hybridized carbons (Fsp3) is 0.462. The smallest absolute Gasteiger partial charge is 0.321 e. The summed E-state index contributed by atoms with van der Waals surface area (Å²) in [4.78, 5) is 11.0. The van der Waals surface area contributed by atoms with Crippen LogP contribution in [0.15, 0.2) is 12.1 Å². The molecule has 20 heavy (non-hydrogen) atoms. The molecule has 0 amide bonds. The van der Waals surface area contributed by atoms with Crippen molar-refractivity contribution in [2.24, 2.45) is 0 Å². The van der Waals surface area contributed by atoms with Gasteiger partial charge in [-0.25, -0.2) is 8.42 Å². The minimum absolute atomic E-state index is 0.0290. The van der Waals surface area contributed by atoms with E-state index in [2.05, 4.69) is 0 Å². The molecule has 0 bridgehead atoms. The third-order valence-corrected chi connectivity index (χ3v) is 5.60. The fourth-order valence-electron chi connectivity index (χ4n) is 2.35. The molecule has 0 saturated carbocycles. The van der Waals surface area contributed by atoms with Gasteiger partial charge in [0.1, 0.15) is 5.75 Å². The highest BCUT2D eigenvalue weighted by atomic mass is 35.5. The lowest BCUT2D eigenvalue weighted by Gasteiger charge is -2.13. The molecular formula is C13H15ClO5S. The zero-order chi connectivity index (χ0) is 14.9. The minimum atomic E-state index is -3.80. The van der Waals surface area contributed by atoms with E-state index in [4.69, 9.17) is 21.4 Å². The van der Waals surface area contributed by atoms with Crippen molar-refractivity contribution in [3.63, 3.8) is 0 Å². The molecule has 0 fully saturated rings. The Kier molecular flexibility index (Phi) is 4.25. The van der Waals surface area contributed by atoms with Gasteiger partial charge in [-0.3, -0.25) is 4.79 Å². The molecule has 1 aliphatic rings. The first-order valence-electron chi connectivity index (χ1n) is 6.23. The van der Waals surface area contributed by atoms with E-state index in [1.54, 1.807) is 6.07 Å². The summed E-state index contributed by atoms with van der Waals surface area (Å²) in [6, 6.07) is 3.27. The number of hydrogen-bond donors (Lipinski definition) is 1. The number of aliphatic carboxylic acids is 1. The standard InChI is InChI=1S/C13H15ClO5S/c1-2-11(13(15)16)20(17,18)7-9-6-10(14)5-8-3-4-19-12(8)9/h5-6,11H,2-4,7H2,1H3,(H,15,16). The Morgan fingerprint density at radius 1 is 1.50 bits per heavy atom. The van der Waals surface area contributed by atoms with Crippen LogP contribution in [0.25, 0.3) is 0 Å². The largest absolute Gasteiger partial charge is 0.493 e. The summed E-state index contributed by atoms with van der Waals surface area (Å²) in [5.41, 5.74) is 1.30. The Morgan fingerprint density at radius 3 is 2.80 bits per heavy atom. The van der Waals surface area contributed by atoms with Crippen molar-refractivity contribution in [2.45, 2.75) is 30.8 Å². The van der Waals surface area contributed by atoms with Gasteiger partial charge >= 0.3 is 5.97 Å². The molecule has 2 rings (SSSR count). The fourth-order valence-corrected chi connectivity index (χ4v) is 4.28. The summed E-state index contributed by atoms with van der Waals surface area (Å²) in [7, 11) is -3.80. The third kappa shape index (κ3) is 2.91. The summed E-state index contributed by atoms with van der Waals surface area (Å²) in [6.07, 6.45) is 0.709. The van der Waals surface area contributed by atoms with Gasteiger partial charge in [0.2, 0.25) is 0 Å². The summed E-state index contributed by atoms with van der Waals surface area (Å²) >= 11 is 5.97. The van der Waals surface area contributed by atoms with Gasteiger partial charge in [0.15, 0.2) is 15.1 Å². The Balaban J connectivity index is 2.37. The van der Waals surface area contributed by atoms with E-state index < -0.39 is 21.1 Å². The number of carboxylic acids is 1. The van der Waals surface area contributed by atoms with Gasteiger partial charge in [-0.05, 0) is 24.1 Å². The molecular weight excluding hydrogens is 304 g/mol. The lowest BCUT2D eigenvalue weighted by Crippen LogP contribution is -2.30. The van der Waals surface area contributed by atoms with Gasteiger partial charge in [0.05, 0.1) is 12.4 Å². The van der Waals surface area contributed by atoms with Crippen LogP contribution in [0.5, 0.6) is 5.75 Å². The molecule has 0 aromatic heterocycles. The molecule has 0 aliphatic carbocycles. The van der Waals surface area contributed by atoms with Crippen molar-refractivity contribution in [1.82, 2.24) is 0 Å². The number of rotatable bonds is 5. The van der Waals surface area contributed by atoms with Crippen LogP contribution in [0.2, 0.25) is 5.02 Å². The van der Waals surface area contributed by atoms with Crippen molar-refractivity contribution in [3.8, 4) is 5.75 Å². The normalized spacial score (nSPS) is 15.5. The molecule has 1 unspecified atom stereocenters. The zero-order valence-corrected chi connectivity index (χ0v) is 12.5. The van der Waals surface area contributed by atoms with E-state index in [9.17, 15) is 13.2 Å². The predicted molar refractivity (Wildman–Crippen MR) is 75.0 cm³/mol. The highest BCUT2D eigenvalue weighted by Gasteiger charge is 2.32. The Bertz CT molecular complexity index is 638. The molecule has 1 heterocycles. The molecule has 1 aliphatic heterocycles. The van der Waals surface area contributed by atoms with Crippen LogP contribution in [-0.2, 0) is 26.8 Å². The van der Waals surface area contributed by atoms with Crippen LogP contribution in [0, 0.1) is 0 Å². The first-order chi connectivity index (χ1) is 9.35. The second-order valence-corrected chi connectivity index (χ2v) is 7.31. The van der Waals surface area contributed by atoms with Crippen LogP contribution in [-0.4, -0.2) is 31.4 Å². The highest BCUT2D eigenvalue weighted by Crippen LogP contribution is 2.34. The molecule has 0 radical (unpaired) electrons. The Hall–Kier alpha value is -1.27. The molecule has 0 spiro atoms. The van der Waals surface area contributed by atoms with E-state index in [-0.39, 0.29) is 12.2 Å². The second kappa shape index (κ2) is 5.61. The Morgan fingerprint density at radius 2 is 2.20 bits per heavy atom. The maximum absolute atomic E-state index is 12.2. The lowest BCUT2D eigenvalue weighted by atomic mass is 10.1. The van der Waals surface area contributed by atoms with Gasteiger partial charge in [0.25, 0.3) is 0 Å². The SMILES string of the molecule is CCC(C(=O)O)S(=O)(=O)Cc1cc(Cl)cc2c1OCC2. The second-order valence-electron chi connectivity index (χ2n) is 4.69. The molecule has 0 saturated heterocycles. The third-order valence-electron chi connectivity index (χ3n) is 3.26. The average molecular weight is 319 g/mol. The predicted octanol–water partition coefficient (Wildman–Crippen LogP) is 2.05. The minimum Gasteiger partial charge on any atom is -0.493 e. The van der Waals surface area contributed by atoms with Crippen LogP contribution in [0.4, 0.5) is 0 Å². The molecule has 110 valence electrons. The van der Waals surface area contributed by atoms with Crippen LogP contribution < -0.4 is 4.74 Å². The van der Waals surface area contributed by atoms with Crippen molar-refractivity contribution in [3.05, 3.63) is 28.3 Å². The van der Waals surface area contributed by atoms with Crippen molar-refractivity contribution >= 4 is 27.4 Å². The van der Waals surface area contributed by atoms with E-state index >= 15 is 0 Å². The molecule has 1 N–H and O–H groups in total. The number of carbonyl (C=O) groups is 1. The van der Waals surface area contributed by atoms with Gasteiger partial charge in [-0.1, -0.05) is 18.5 Å². The summed E-state index contributed by atoms with van der Waals surface area (Å²) < 4.78 is 29.8. The number of halogens is 1. The van der Waals surface area contributed by atoms with Crippen molar-refractivity contribution in [2.75, 3.05) is 6.61 Å². The van der Waals surface area contributed by atoms with Gasteiger partial charge in [-0.2, -0.15) is 0 Å². The number of benzene rings is 1. The maximum atomic E-state index is 12.2. The van der Waals surface area contributed by atoms with Crippen molar-refractivity contribution < 1.29 is 23.1 Å². The summed E-state index contributed by atoms with van der Waals surface area (Å²) in [5.74, 6) is -1.17. The number of hydrogen-bond acceptors (Lipinski definition) is 4. The van der Waals surface area contributed by atoms with Gasteiger partial charge in [-0.15, -0.1) is 0 Å². The number of fused-ring (bicyclic) bond motifs is 1. The molecule has 1 aromatic rings. The number of carboxylic acid groups (broad SMARTS) is 1. The van der Waals surface area contributed by atoms with Crippen molar-refractivity contribution in [1.29, 1.82) is 0 Å². The number of ether oxygens (including phenoxy) is 1. The average Bonchev–Trinajstić information content (AvgIpc) is 2.75. The monoisotopic (exact) mass is 318 g/mol. The quantitative estimate of drug-likeness (QED) is 0.898. The van der Waals surface area contributed by atoms with Gasteiger partial charge < -0.3 is 9.84 Å². The van der Waals surface area contributed by atoms with Crippen LogP contribution in [0.1, 0.15) is 24.5 Å². The summed E-state index contributed by atoms with van der Waals surface area (Å²) in [5, 5.41) is 8.03. The van der Waals surface area contributed by atoms with E-state index in [0.717, 1.165) is 5.56 Å².